The van der Waals surface area contributed by atoms with Gasteiger partial charge in [0.2, 0.25) is 0 Å². The molecule has 2 aromatic rings. The summed E-state index contributed by atoms with van der Waals surface area (Å²) in [5, 5.41) is 0. The van der Waals surface area contributed by atoms with Crippen LogP contribution in [0.1, 0.15) is 56.7 Å². The molecule has 0 amide bonds. The standard InChI is InChI=1S/C23H28FN/c1-16(2)25-12-11-20(23(3,4)5)19-14-18(15-21(24)22(19)25)13-17-9-7-6-8-10-17/h6-10,14-15,20H,1,11-13H2,2-5H3. The van der Waals surface area contributed by atoms with Crippen molar-refractivity contribution < 1.29 is 4.39 Å². The van der Waals surface area contributed by atoms with E-state index in [1.165, 1.54) is 5.56 Å². The lowest BCUT2D eigenvalue weighted by Crippen LogP contribution is -2.34. The molecule has 0 N–H and O–H groups in total. The highest BCUT2D eigenvalue weighted by molar-refractivity contribution is 5.63. The van der Waals surface area contributed by atoms with E-state index in [2.05, 4.69) is 45.5 Å². The monoisotopic (exact) mass is 337 g/mol. The first-order valence-corrected chi connectivity index (χ1v) is 9.06. The molecule has 2 heteroatoms. The molecule has 0 aliphatic carbocycles. The predicted molar refractivity (Wildman–Crippen MR) is 105 cm³/mol. The van der Waals surface area contributed by atoms with E-state index in [-0.39, 0.29) is 11.2 Å². The van der Waals surface area contributed by atoms with Crippen molar-refractivity contribution in [3.05, 3.63) is 77.2 Å². The molecule has 0 spiro atoms. The lowest BCUT2D eigenvalue weighted by atomic mass is 9.72. The fourth-order valence-electron chi connectivity index (χ4n) is 3.97. The van der Waals surface area contributed by atoms with Crippen LogP contribution in [0.2, 0.25) is 0 Å². The minimum Gasteiger partial charge on any atom is -0.343 e. The number of allylic oxidation sites excluding steroid dienone is 1. The second-order valence-electron chi connectivity index (χ2n) is 8.27. The van der Waals surface area contributed by atoms with Gasteiger partial charge < -0.3 is 4.90 Å². The van der Waals surface area contributed by atoms with Crippen LogP contribution in [0.4, 0.5) is 10.1 Å². The number of rotatable bonds is 3. The summed E-state index contributed by atoms with van der Waals surface area (Å²) in [7, 11) is 0. The van der Waals surface area contributed by atoms with Crippen LogP contribution in [0.15, 0.2) is 54.7 Å². The molecule has 1 heterocycles. The number of anilines is 1. The maximum atomic E-state index is 15.1. The largest absolute Gasteiger partial charge is 0.343 e. The average Bonchev–Trinajstić information content (AvgIpc) is 2.53. The zero-order valence-corrected chi connectivity index (χ0v) is 15.8. The summed E-state index contributed by atoms with van der Waals surface area (Å²) in [6, 6.07) is 14.2. The smallest absolute Gasteiger partial charge is 0.147 e. The number of nitrogens with zero attached hydrogens (tertiary/aromatic N) is 1. The molecule has 0 saturated heterocycles. The summed E-state index contributed by atoms with van der Waals surface area (Å²) in [5.41, 5.74) is 5.13. The Morgan fingerprint density at radius 2 is 1.84 bits per heavy atom. The van der Waals surface area contributed by atoms with Crippen molar-refractivity contribution in [2.45, 2.75) is 46.5 Å². The lowest BCUT2D eigenvalue weighted by Gasteiger charge is -2.42. The van der Waals surface area contributed by atoms with Gasteiger partial charge in [-0.3, -0.25) is 0 Å². The van der Waals surface area contributed by atoms with Crippen LogP contribution in [-0.2, 0) is 6.42 Å². The fourth-order valence-corrected chi connectivity index (χ4v) is 3.97. The van der Waals surface area contributed by atoms with Crippen molar-refractivity contribution in [2.75, 3.05) is 11.4 Å². The molecular weight excluding hydrogens is 309 g/mol. The van der Waals surface area contributed by atoms with E-state index in [9.17, 15) is 0 Å². The van der Waals surface area contributed by atoms with Gasteiger partial charge in [-0.25, -0.2) is 4.39 Å². The normalized spacial score (nSPS) is 17.3. The van der Waals surface area contributed by atoms with Gasteiger partial charge in [0.25, 0.3) is 0 Å². The Morgan fingerprint density at radius 3 is 2.44 bits per heavy atom. The van der Waals surface area contributed by atoms with Crippen molar-refractivity contribution in [3.63, 3.8) is 0 Å². The van der Waals surface area contributed by atoms with Crippen molar-refractivity contribution in [1.82, 2.24) is 0 Å². The van der Waals surface area contributed by atoms with Crippen LogP contribution < -0.4 is 4.90 Å². The van der Waals surface area contributed by atoms with Crippen LogP contribution in [0, 0.1) is 11.2 Å². The first-order valence-electron chi connectivity index (χ1n) is 9.06. The molecule has 0 bridgehead atoms. The van der Waals surface area contributed by atoms with Crippen molar-refractivity contribution in [1.29, 1.82) is 0 Å². The molecule has 0 fully saturated rings. The average molecular weight is 337 g/mol. The van der Waals surface area contributed by atoms with E-state index in [1.54, 1.807) is 6.07 Å². The molecule has 1 unspecified atom stereocenters. The van der Waals surface area contributed by atoms with E-state index in [0.29, 0.717) is 5.92 Å². The summed E-state index contributed by atoms with van der Waals surface area (Å²) < 4.78 is 15.1. The van der Waals surface area contributed by atoms with Crippen molar-refractivity contribution in [2.24, 2.45) is 5.41 Å². The molecule has 25 heavy (non-hydrogen) atoms. The zero-order valence-electron chi connectivity index (χ0n) is 15.8. The SMILES string of the molecule is C=C(C)N1CCC(C(C)(C)C)c2cc(Cc3ccccc3)cc(F)c21. The lowest BCUT2D eigenvalue weighted by molar-refractivity contribution is 0.299. The highest BCUT2D eigenvalue weighted by Crippen LogP contribution is 2.47. The molecule has 0 radical (unpaired) electrons. The summed E-state index contributed by atoms with van der Waals surface area (Å²) in [4.78, 5) is 2.04. The van der Waals surface area contributed by atoms with Gasteiger partial charge in [-0.05, 0) is 53.9 Å². The highest BCUT2D eigenvalue weighted by atomic mass is 19.1. The molecule has 0 saturated carbocycles. The van der Waals surface area contributed by atoms with E-state index < -0.39 is 0 Å². The third-order valence-electron chi connectivity index (χ3n) is 5.20. The Bertz CT molecular complexity index is 771. The van der Waals surface area contributed by atoms with Gasteiger partial charge >= 0.3 is 0 Å². The first-order chi connectivity index (χ1) is 11.8. The Hall–Kier alpha value is -2.09. The minimum atomic E-state index is -0.125. The Kier molecular flexibility index (Phi) is 4.73. The van der Waals surface area contributed by atoms with Crippen LogP contribution in [0.5, 0.6) is 0 Å². The molecular formula is C23H28FN. The molecule has 1 atom stereocenters. The summed E-state index contributed by atoms with van der Waals surface area (Å²) in [6.45, 7) is 13.6. The maximum Gasteiger partial charge on any atom is 0.147 e. The van der Waals surface area contributed by atoms with Gasteiger partial charge in [-0.2, -0.15) is 0 Å². The third kappa shape index (κ3) is 3.63. The van der Waals surface area contributed by atoms with E-state index >= 15 is 4.39 Å². The second-order valence-corrected chi connectivity index (χ2v) is 8.27. The second kappa shape index (κ2) is 6.67. The molecule has 3 rings (SSSR count). The topological polar surface area (TPSA) is 3.24 Å². The number of fused-ring (bicyclic) bond motifs is 1. The summed E-state index contributed by atoms with van der Waals surface area (Å²) in [6.07, 6.45) is 1.78. The van der Waals surface area contributed by atoms with Gasteiger partial charge in [0.15, 0.2) is 0 Å². The number of hydrogen-bond acceptors (Lipinski definition) is 1. The van der Waals surface area contributed by atoms with Crippen LogP contribution in [0.3, 0.4) is 0 Å². The Balaban J connectivity index is 2.09. The molecule has 2 aromatic carbocycles. The van der Waals surface area contributed by atoms with Crippen LogP contribution in [-0.4, -0.2) is 6.54 Å². The number of halogens is 1. The molecule has 1 aliphatic heterocycles. The van der Waals surface area contributed by atoms with Gasteiger partial charge in [-0.1, -0.05) is 63.7 Å². The van der Waals surface area contributed by atoms with Gasteiger partial charge in [-0.15, -0.1) is 0 Å². The van der Waals surface area contributed by atoms with Gasteiger partial charge in [0.1, 0.15) is 5.82 Å². The summed E-state index contributed by atoms with van der Waals surface area (Å²) >= 11 is 0. The van der Waals surface area contributed by atoms with Crippen molar-refractivity contribution >= 4 is 5.69 Å². The van der Waals surface area contributed by atoms with E-state index in [4.69, 9.17) is 0 Å². The quantitative estimate of drug-likeness (QED) is 0.636. The Morgan fingerprint density at radius 1 is 1.16 bits per heavy atom. The van der Waals surface area contributed by atoms with E-state index in [1.807, 2.05) is 30.0 Å². The third-order valence-corrected chi connectivity index (χ3v) is 5.20. The zero-order chi connectivity index (χ0) is 18.2. The maximum absolute atomic E-state index is 15.1. The first kappa shape index (κ1) is 17.7. The summed E-state index contributed by atoms with van der Waals surface area (Å²) in [5.74, 6) is 0.226. The van der Waals surface area contributed by atoms with E-state index in [0.717, 1.165) is 41.9 Å². The van der Waals surface area contributed by atoms with Gasteiger partial charge in [0.05, 0.1) is 5.69 Å². The predicted octanol–water partition coefficient (Wildman–Crippen LogP) is 6.29. The minimum absolute atomic E-state index is 0.105. The van der Waals surface area contributed by atoms with Crippen molar-refractivity contribution in [3.8, 4) is 0 Å². The number of hydrogen-bond donors (Lipinski definition) is 0. The fraction of sp³-hybridized carbons (Fsp3) is 0.391. The van der Waals surface area contributed by atoms with Gasteiger partial charge in [0, 0.05) is 12.2 Å². The molecule has 0 aromatic heterocycles. The Labute approximate surface area is 151 Å². The molecule has 1 nitrogen and oxygen atoms in total. The van der Waals surface area contributed by atoms with Crippen LogP contribution in [0.25, 0.3) is 0 Å². The molecule has 1 aliphatic rings. The van der Waals surface area contributed by atoms with Crippen LogP contribution >= 0.6 is 0 Å². The highest BCUT2D eigenvalue weighted by Gasteiger charge is 2.35. The molecule has 132 valence electrons. The number of benzene rings is 2.